The van der Waals surface area contributed by atoms with Gasteiger partial charge >= 0.3 is 6.09 Å². The molecule has 3 nitrogen and oxygen atoms in total. The number of aryl methyl sites for hydroxylation is 2. The number of carbonyl (C=O) groups is 1. The van der Waals surface area contributed by atoms with Gasteiger partial charge in [0.2, 0.25) is 0 Å². The van der Waals surface area contributed by atoms with E-state index in [-0.39, 0.29) is 6.09 Å². The summed E-state index contributed by atoms with van der Waals surface area (Å²) in [6.07, 6.45) is 1.46. The standard InChI is InChI=1S/C11H17NO2/c1-8-6-9(2)12(7-8)10(13)14-11(3,4)5/h6-7H,1-5H3. The Morgan fingerprint density at radius 2 is 1.93 bits per heavy atom. The van der Waals surface area contributed by atoms with Gasteiger partial charge in [0.15, 0.2) is 0 Å². The molecule has 1 heterocycles. The third-order valence-electron chi connectivity index (χ3n) is 1.74. The SMILES string of the molecule is Cc1cc(C)n(C(=O)OC(C)(C)C)c1. The molecule has 0 aliphatic rings. The maximum atomic E-state index is 11.6. The zero-order chi connectivity index (χ0) is 10.9. The fourth-order valence-electron chi connectivity index (χ4n) is 1.25. The van der Waals surface area contributed by atoms with Gasteiger partial charge in [-0.05, 0) is 46.2 Å². The third kappa shape index (κ3) is 2.62. The van der Waals surface area contributed by atoms with Crippen molar-refractivity contribution in [2.24, 2.45) is 0 Å². The van der Waals surface area contributed by atoms with Gasteiger partial charge < -0.3 is 4.74 Å². The molecular weight excluding hydrogens is 178 g/mol. The molecular formula is C11H17NO2. The first-order valence-electron chi connectivity index (χ1n) is 4.68. The van der Waals surface area contributed by atoms with Crippen LogP contribution in [0.2, 0.25) is 0 Å². The average Bonchev–Trinajstić information content (AvgIpc) is 2.26. The van der Waals surface area contributed by atoms with Gasteiger partial charge in [-0.3, -0.25) is 4.57 Å². The van der Waals surface area contributed by atoms with E-state index in [2.05, 4.69) is 0 Å². The lowest BCUT2D eigenvalue weighted by molar-refractivity contribution is 0.0534. The fraction of sp³-hybridized carbons (Fsp3) is 0.545. The maximum Gasteiger partial charge on any atom is 0.418 e. The van der Waals surface area contributed by atoms with Crippen LogP contribution in [0.3, 0.4) is 0 Å². The van der Waals surface area contributed by atoms with Crippen molar-refractivity contribution in [1.29, 1.82) is 0 Å². The molecule has 0 aliphatic carbocycles. The lowest BCUT2D eigenvalue weighted by Crippen LogP contribution is -2.27. The highest BCUT2D eigenvalue weighted by Gasteiger charge is 2.18. The van der Waals surface area contributed by atoms with Gasteiger partial charge in [-0.2, -0.15) is 0 Å². The fourth-order valence-corrected chi connectivity index (χ4v) is 1.25. The van der Waals surface area contributed by atoms with Crippen molar-refractivity contribution >= 4 is 6.09 Å². The molecule has 0 aliphatic heterocycles. The Hall–Kier alpha value is -1.25. The average molecular weight is 195 g/mol. The second-order valence-electron chi connectivity index (χ2n) is 4.51. The van der Waals surface area contributed by atoms with Gasteiger partial charge in [-0.1, -0.05) is 0 Å². The molecule has 0 saturated carbocycles. The van der Waals surface area contributed by atoms with E-state index in [9.17, 15) is 4.79 Å². The van der Waals surface area contributed by atoms with E-state index >= 15 is 0 Å². The van der Waals surface area contributed by atoms with Crippen molar-refractivity contribution in [3.63, 3.8) is 0 Å². The molecule has 14 heavy (non-hydrogen) atoms. The molecule has 0 spiro atoms. The summed E-state index contributed by atoms with van der Waals surface area (Å²) in [5.74, 6) is 0. The number of aromatic nitrogens is 1. The van der Waals surface area contributed by atoms with Crippen LogP contribution in [-0.4, -0.2) is 16.3 Å². The van der Waals surface area contributed by atoms with Gasteiger partial charge in [0.25, 0.3) is 0 Å². The molecule has 3 heteroatoms. The van der Waals surface area contributed by atoms with Crippen molar-refractivity contribution in [2.45, 2.75) is 40.2 Å². The first-order valence-corrected chi connectivity index (χ1v) is 4.68. The van der Waals surface area contributed by atoms with Crippen LogP contribution in [-0.2, 0) is 4.74 Å². The zero-order valence-electron chi connectivity index (χ0n) is 9.42. The minimum atomic E-state index is -0.443. The van der Waals surface area contributed by atoms with E-state index in [1.807, 2.05) is 40.7 Å². The van der Waals surface area contributed by atoms with E-state index in [4.69, 9.17) is 4.74 Å². The summed E-state index contributed by atoms with van der Waals surface area (Å²) in [5.41, 5.74) is 1.52. The van der Waals surface area contributed by atoms with E-state index in [0.717, 1.165) is 11.3 Å². The topological polar surface area (TPSA) is 31.2 Å². The highest BCUT2D eigenvalue weighted by atomic mass is 16.6. The molecule has 0 aromatic carbocycles. The molecule has 0 bridgehead atoms. The van der Waals surface area contributed by atoms with Crippen molar-refractivity contribution < 1.29 is 9.53 Å². The lowest BCUT2D eigenvalue weighted by atomic mass is 10.2. The summed E-state index contributed by atoms with van der Waals surface area (Å²) < 4.78 is 6.77. The quantitative estimate of drug-likeness (QED) is 0.637. The monoisotopic (exact) mass is 195 g/mol. The molecule has 1 aromatic rings. The lowest BCUT2D eigenvalue weighted by Gasteiger charge is -2.19. The Bertz CT molecular complexity index is 345. The Morgan fingerprint density at radius 1 is 1.36 bits per heavy atom. The van der Waals surface area contributed by atoms with Crippen LogP contribution in [0.15, 0.2) is 12.3 Å². The molecule has 78 valence electrons. The molecule has 0 N–H and O–H groups in total. The van der Waals surface area contributed by atoms with Crippen molar-refractivity contribution in [1.82, 2.24) is 4.57 Å². The zero-order valence-corrected chi connectivity index (χ0v) is 9.42. The molecule has 0 amide bonds. The van der Waals surface area contributed by atoms with Gasteiger partial charge in [0, 0.05) is 11.9 Å². The van der Waals surface area contributed by atoms with E-state index in [1.165, 1.54) is 4.57 Å². The van der Waals surface area contributed by atoms with Gasteiger partial charge in [-0.15, -0.1) is 0 Å². The number of rotatable bonds is 0. The Kier molecular flexibility index (Phi) is 2.69. The highest BCUT2D eigenvalue weighted by molar-refractivity contribution is 5.72. The van der Waals surface area contributed by atoms with Crippen LogP contribution in [0.25, 0.3) is 0 Å². The predicted molar refractivity (Wildman–Crippen MR) is 55.5 cm³/mol. The molecule has 0 unspecified atom stereocenters. The summed E-state index contributed by atoms with van der Waals surface area (Å²) in [4.78, 5) is 11.6. The van der Waals surface area contributed by atoms with Crippen molar-refractivity contribution in [3.8, 4) is 0 Å². The second kappa shape index (κ2) is 3.48. The van der Waals surface area contributed by atoms with Crippen LogP contribution in [0.5, 0.6) is 0 Å². The van der Waals surface area contributed by atoms with Crippen LogP contribution in [0.4, 0.5) is 4.79 Å². The van der Waals surface area contributed by atoms with E-state index in [1.54, 1.807) is 6.20 Å². The van der Waals surface area contributed by atoms with E-state index in [0.29, 0.717) is 0 Å². The van der Waals surface area contributed by atoms with Crippen molar-refractivity contribution in [2.75, 3.05) is 0 Å². The Morgan fingerprint density at radius 3 is 2.29 bits per heavy atom. The first-order chi connectivity index (χ1) is 6.29. The van der Waals surface area contributed by atoms with Gasteiger partial charge in [0.1, 0.15) is 5.60 Å². The maximum absolute atomic E-state index is 11.6. The van der Waals surface area contributed by atoms with Crippen LogP contribution < -0.4 is 0 Å². The number of hydrogen-bond donors (Lipinski definition) is 0. The van der Waals surface area contributed by atoms with Crippen molar-refractivity contribution in [3.05, 3.63) is 23.5 Å². The summed E-state index contributed by atoms with van der Waals surface area (Å²) in [5, 5.41) is 0. The normalized spacial score (nSPS) is 11.5. The molecule has 1 rings (SSSR count). The largest absolute Gasteiger partial charge is 0.443 e. The third-order valence-corrected chi connectivity index (χ3v) is 1.74. The first kappa shape index (κ1) is 10.8. The van der Waals surface area contributed by atoms with Crippen LogP contribution in [0, 0.1) is 13.8 Å². The Labute approximate surface area is 84.7 Å². The predicted octanol–water partition coefficient (Wildman–Crippen LogP) is 2.89. The second-order valence-corrected chi connectivity index (χ2v) is 4.51. The molecule has 0 atom stereocenters. The molecule has 1 aromatic heterocycles. The minimum Gasteiger partial charge on any atom is -0.443 e. The smallest absolute Gasteiger partial charge is 0.418 e. The molecule has 0 saturated heterocycles. The van der Waals surface area contributed by atoms with Crippen LogP contribution >= 0.6 is 0 Å². The molecule has 0 fully saturated rings. The van der Waals surface area contributed by atoms with Gasteiger partial charge in [-0.25, -0.2) is 4.79 Å². The molecule has 0 radical (unpaired) electrons. The van der Waals surface area contributed by atoms with Gasteiger partial charge in [0.05, 0.1) is 0 Å². The summed E-state index contributed by atoms with van der Waals surface area (Å²) >= 11 is 0. The Balaban J connectivity index is 2.85. The minimum absolute atomic E-state index is 0.317. The van der Waals surface area contributed by atoms with Crippen LogP contribution in [0.1, 0.15) is 32.0 Å². The number of ether oxygens (including phenoxy) is 1. The number of hydrogen-bond acceptors (Lipinski definition) is 2. The summed E-state index contributed by atoms with van der Waals surface area (Å²) in [6.45, 7) is 9.41. The highest BCUT2D eigenvalue weighted by Crippen LogP contribution is 2.12. The number of nitrogens with zero attached hydrogens (tertiary/aromatic N) is 1. The summed E-state index contributed by atoms with van der Waals surface area (Å²) in [7, 11) is 0. The summed E-state index contributed by atoms with van der Waals surface area (Å²) in [6, 6.07) is 1.95. The van der Waals surface area contributed by atoms with E-state index < -0.39 is 5.60 Å². The number of carbonyl (C=O) groups excluding carboxylic acids is 1.